The molecule has 0 bridgehead atoms. The van der Waals surface area contributed by atoms with Gasteiger partial charge in [-0.05, 0) is 53.4 Å². The summed E-state index contributed by atoms with van der Waals surface area (Å²) in [6.07, 6.45) is 4.42. The van der Waals surface area contributed by atoms with E-state index in [1.54, 1.807) is 4.57 Å². The van der Waals surface area contributed by atoms with E-state index in [2.05, 4.69) is 17.1 Å². The fourth-order valence-corrected chi connectivity index (χ4v) is 5.75. The molecular formula is C35H36N4O5. The van der Waals surface area contributed by atoms with E-state index in [1.165, 1.54) is 0 Å². The normalized spacial score (nSPS) is 13.7. The lowest BCUT2D eigenvalue weighted by Gasteiger charge is -2.23. The van der Waals surface area contributed by atoms with Crippen LogP contribution in [0.25, 0.3) is 28.2 Å². The minimum atomic E-state index is -0.624. The molecule has 1 aliphatic heterocycles. The topological polar surface area (TPSA) is 112 Å². The van der Waals surface area contributed by atoms with Gasteiger partial charge in [0.15, 0.2) is 5.82 Å². The van der Waals surface area contributed by atoms with Crippen molar-refractivity contribution >= 4 is 0 Å². The molecule has 0 atom stereocenters. The molecule has 1 fully saturated rings. The third-order valence-corrected chi connectivity index (χ3v) is 7.95. The first-order valence-electron chi connectivity index (χ1n) is 15.3. The zero-order valence-corrected chi connectivity index (χ0v) is 25.0. The molecule has 0 unspecified atom stereocenters. The summed E-state index contributed by atoms with van der Waals surface area (Å²) in [5, 5.41) is 3.97. The van der Waals surface area contributed by atoms with Crippen LogP contribution >= 0.6 is 0 Å². The lowest BCUT2D eigenvalue weighted by Crippen LogP contribution is -2.29. The van der Waals surface area contributed by atoms with Gasteiger partial charge in [-0.3, -0.25) is 18.9 Å². The highest BCUT2D eigenvalue weighted by molar-refractivity contribution is 5.81. The third kappa shape index (κ3) is 6.28. The highest BCUT2D eigenvalue weighted by Gasteiger charge is 2.20. The summed E-state index contributed by atoms with van der Waals surface area (Å²) in [7, 11) is 0. The Morgan fingerprint density at radius 2 is 1.73 bits per heavy atom. The number of aromatic amines is 1. The second kappa shape index (κ2) is 13.3. The second-order valence-electron chi connectivity index (χ2n) is 11.0. The van der Waals surface area contributed by atoms with E-state index in [0.29, 0.717) is 43.9 Å². The van der Waals surface area contributed by atoms with E-state index in [-0.39, 0.29) is 11.7 Å². The Balaban J connectivity index is 1.39. The van der Waals surface area contributed by atoms with Gasteiger partial charge in [0.05, 0.1) is 24.6 Å². The largest absolute Gasteiger partial charge is 0.490 e. The van der Waals surface area contributed by atoms with Crippen LogP contribution in [0, 0.1) is 0 Å². The molecule has 0 aliphatic carbocycles. The van der Waals surface area contributed by atoms with Crippen LogP contribution in [0.1, 0.15) is 55.8 Å². The van der Waals surface area contributed by atoms with Gasteiger partial charge >= 0.3 is 5.76 Å². The number of H-pyrrole nitrogens is 1. The zero-order valence-electron chi connectivity index (χ0n) is 25.0. The summed E-state index contributed by atoms with van der Waals surface area (Å²) in [6, 6.07) is 23.5. The monoisotopic (exact) mass is 592 g/mol. The van der Waals surface area contributed by atoms with Gasteiger partial charge in [0, 0.05) is 36.8 Å². The minimum Gasteiger partial charge on any atom is -0.490 e. The SMILES string of the molecule is CCCc1nc(CC)n(-c2ccc(OC3CCOCC3)cc2)c(=O)c1Cc1ccc(-c2ccccc2)c(-c2noc(=O)[nH]2)c1. The molecule has 1 saturated heterocycles. The van der Waals surface area contributed by atoms with Gasteiger partial charge in [0.2, 0.25) is 0 Å². The molecule has 2 aromatic heterocycles. The first-order valence-corrected chi connectivity index (χ1v) is 15.3. The quantitative estimate of drug-likeness (QED) is 0.215. The molecule has 1 aliphatic rings. The van der Waals surface area contributed by atoms with E-state index in [0.717, 1.165) is 64.5 Å². The molecule has 0 saturated carbocycles. The Labute approximate surface area is 255 Å². The van der Waals surface area contributed by atoms with Gasteiger partial charge in [0.25, 0.3) is 5.56 Å². The number of nitrogens with one attached hydrogen (secondary N) is 1. The zero-order chi connectivity index (χ0) is 30.5. The van der Waals surface area contributed by atoms with Crippen molar-refractivity contribution in [3.63, 3.8) is 0 Å². The first kappa shape index (κ1) is 29.3. The van der Waals surface area contributed by atoms with Crippen molar-refractivity contribution in [1.82, 2.24) is 19.7 Å². The fraction of sp³-hybridized carbons (Fsp3) is 0.314. The maximum Gasteiger partial charge on any atom is 0.439 e. The number of rotatable bonds is 10. The van der Waals surface area contributed by atoms with Gasteiger partial charge < -0.3 is 9.47 Å². The molecule has 0 amide bonds. The average Bonchev–Trinajstić information content (AvgIpc) is 3.50. The number of aromatic nitrogens is 4. The summed E-state index contributed by atoms with van der Waals surface area (Å²) in [5.41, 5.74) is 5.63. The van der Waals surface area contributed by atoms with Crippen LogP contribution in [-0.2, 0) is 24.0 Å². The third-order valence-electron chi connectivity index (χ3n) is 7.95. The molecule has 0 radical (unpaired) electrons. The number of nitrogens with zero attached hydrogens (tertiary/aromatic N) is 3. The van der Waals surface area contributed by atoms with Crippen LogP contribution < -0.4 is 16.1 Å². The highest BCUT2D eigenvalue weighted by atomic mass is 16.5. The standard InChI is InChI=1S/C35H36N4O5/c1-3-8-31-30(22-23-11-16-28(24-9-6-5-7-10-24)29(21-23)33-37-35(41)44-38-33)34(40)39(32(4-2)36-31)25-12-14-26(15-13-25)43-27-17-19-42-20-18-27/h5-7,9-16,21,27H,3-4,8,17-20,22H2,1-2H3,(H,37,38,41). The van der Waals surface area contributed by atoms with Crippen molar-refractivity contribution in [3.8, 4) is 34.0 Å². The predicted octanol–water partition coefficient (Wildman–Crippen LogP) is 5.91. The number of hydrogen-bond acceptors (Lipinski definition) is 7. The smallest absolute Gasteiger partial charge is 0.439 e. The van der Waals surface area contributed by atoms with Crippen molar-refractivity contribution < 1.29 is 14.0 Å². The van der Waals surface area contributed by atoms with Gasteiger partial charge in [-0.15, -0.1) is 0 Å². The molecule has 44 heavy (non-hydrogen) atoms. The summed E-state index contributed by atoms with van der Waals surface area (Å²) >= 11 is 0. The molecule has 9 nitrogen and oxygen atoms in total. The molecule has 0 spiro atoms. The van der Waals surface area contributed by atoms with Gasteiger partial charge in [0.1, 0.15) is 17.7 Å². The van der Waals surface area contributed by atoms with E-state index in [1.807, 2.05) is 79.7 Å². The predicted molar refractivity (Wildman–Crippen MR) is 168 cm³/mol. The Bertz CT molecular complexity index is 1830. The number of benzene rings is 3. The van der Waals surface area contributed by atoms with Crippen molar-refractivity contribution in [2.75, 3.05) is 13.2 Å². The second-order valence-corrected chi connectivity index (χ2v) is 11.0. The van der Waals surface area contributed by atoms with Crippen LogP contribution in [0.5, 0.6) is 5.75 Å². The Morgan fingerprint density at radius 3 is 2.41 bits per heavy atom. The number of aryl methyl sites for hydroxylation is 2. The lowest BCUT2D eigenvalue weighted by atomic mass is 9.94. The Kier molecular flexibility index (Phi) is 8.84. The van der Waals surface area contributed by atoms with E-state index in [9.17, 15) is 9.59 Å². The molecule has 3 heterocycles. The summed E-state index contributed by atoms with van der Waals surface area (Å²) in [6.45, 7) is 5.53. The van der Waals surface area contributed by atoms with E-state index < -0.39 is 5.76 Å². The molecule has 5 aromatic rings. The van der Waals surface area contributed by atoms with Crippen LogP contribution in [0.15, 0.2) is 86.9 Å². The van der Waals surface area contributed by atoms with Crippen molar-refractivity contribution in [1.29, 1.82) is 0 Å². The molecule has 6 rings (SSSR count). The first-order chi connectivity index (χ1) is 21.5. The number of ether oxygens (including phenoxy) is 2. The van der Waals surface area contributed by atoms with Crippen molar-refractivity contribution in [2.45, 2.75) is 58.5 Å². The molecule has 3 aromatic carbocycles. The Morgan fingerprint density at radius 1 is 0.955 bits per heavy atom. The van der Waals surface area contributed by atoms with Gasteiger partial charge in [-0.2, -0.15) is 0 Å². The van der Waals surface area contributed by atoms with Gasteiger partial charge in [-0.1, -0.05) is 67.9 Å². The maximum absolute atomic E-state index is 14.3. The van der Waals surface area contributed by atoms with Crippen molar-refractivity contribution in [2.24, 2.45) is 0 Å². The summed E-state index contributed by atoms with van der Waals surface area (Å²) in [5.74, 6) is 1.21. The van der Waals surface area contributed by atoms with E-state index in [4.69, 9.17) is 19.0 Å². The minimum absolute atomic E-state index is 0.0815. The highest BCUT2D eigenvalue weighted by Crippen LogP contribution is 2.31. The molecule has 9 heteroatoms. The Hall–Kier alpha value is -4.76. The molecule has 1 N–H and O–H groups in total. The summed E-state index contributed by atoms with van der Waals surface area (Å²) < 4.78 is 18.2. The van der Waals surface area contributed by atoms with Crippen molar-refractivity contribution in [3.05, 3.63) is 116 Å². The fourth-order valence-electron chi connectivity index (χ4n) is 5.75. The number of hydrogen-bond donors (Lipinski definition) is 1. The van der Waals surface area contributed by atoms with E-state index >= 15 is 0 Å². The lowest BCUT2D eigenvalue weighted by molar-refractivity contribution is 0.0256. The van der Waals surface area contributed by atoms with Crippen LogP contribution in [-0.4, -0.2) is 39.0 Å². The van der Waals surface area contributed by atoms with Crippen LogP contribution in [0.4, 0.5) is 0 Å². The average molecular weight is 593 g/mol. The van der Waals surface area contributed by atoms with Gasteiger partial charge in [-0.25, -0.2) is 9.78 Å². The molecule has 226 valence electrons. The molecular weight excluding hydrogens is 556 g/mol. The maximum atomic E-state index is 14.3. The summed E-state index contributed by atoms with van der Waals surface area (Å²) in [4.78, 5) is 33.9. The van der Waals surface area contributed by atoms with Crippen LogP contribution in [0.2, 0.25) is 0 Å². The van der Waals surface area contributed by atoms with Crippen LogP contribution in [0.3, 0.4) is 0 Å².